The molecule has 1 aliphatic heterocycles. The molecule has 2 aromatic rings. The number of phenols is 1. The van der Waals surface area contributed by atoms with Crippen LogP contribution in [0.2, 0.25) is 0 Å². The van der Waals surface area contributed by atoms with Gasteiger partial charge in [-0.3, -0.25) is 4.79 Å². The first-order valence-corrected chi connectivity index (χ1v) is 7.04. The van der Waals surface area contributed by atoms with Crippen molar-refractivity contribution < 1.29 is 19.0 Å². The second-order valence-electron chi connectivity index (χ2n) is 5.21. The Morgan fingerprint density at radius 3 is 2.73 bits per heavy atom. The minimum Gasteiger partial charge on any atom is -0.507 e. The van der Waals surface area contributed by atoms with Crippen molar-refractivity contribution in [3.63, 3.8) is 0 Å². The van der Waals surface area contributed by atoms with Crippen molar-refractivity contribution in [1.82, 2.24) is 4.90 Å². The lowest BCUT2D eigenvalue weighted by molar-refractivity contribution is 0.0452. The van der Waals surface area contributed by atoms with E-state index in [2.05, 4.69) is 0 Å². The van der Waals surface area contributed by atoms with Crippen LogP contribution >= 0.6 is 0 Å². The molecule has 0 aliphatic carbocycles. The van der Waals surface area contributed by atoms with Gasteiger partial charge in [0, 0.05) is 6.54 Å². The number of rotatable bonds is 3. The van der Waals surface area contributed by atoms with Crippen LogP contribution in [-0.4, -0.2) is 29.6 Å². The summed E-state index contributed by atoms with van der Waals surface area (Å²) in [6.07, 6.45) is 0.800. The summed E-state index contributed by atoms with van der Waals surface area (Å²) in [7, 11) is 1.58. The first-order chi connectivity index (χ1) is 10.6. The standard InChI is InChI=1S/C17H16FNO3/c1-22-12-5-2-4-11(10-12)14-8-9-19(14)17(21)16-13(18)6-3-7-15(16)20/h2-7,10,14,20H,8-9H2,1H3. The van der Waals surface area contributed by atoms with Gasteiger partial charge in [0.1, 0.15) is 22.9 Å². The molecule has 0 aromatic heterocycles. The highest BCUT2D eigenvalue weighted by atomic mass is 19.1. The number of aromatic hydroxyl groups is 1. The molecule has 4 nitrogen and oxygen atoms in total. The largest absolute Gasteiger partial charge is 0.507 e. The minimum absolute atomic E-state index is 0.124. The van der Waals surface area contributed by atoms with E-state index in [4.69, 9.17) is 4.74 Å². The Hall–Kier alpha value is -2.56. The third kappa shape index (κ3) is 2.39. The summed E-state index contributed by atoms with van der Waals surface area (Å²) in [5.41, 5.74) is 0.671. The Bertz CT molecular complexity index is 697. The summed E-state index contributed by atoms with van der Waals surface area (Å²) in [6.45, 7) is 0.536. The lowest BCUT2D eigenvalue weighted by atomic mass is 9.93. The Kier molecular flexibility index (Phi) is 3.71. The van der Waals surface area contributed by atoms with Gasteiger partial charge in [-0.1, -0.05) is 18.2 Å². The fraction of sp³-hybridized carbons (Fsp3) is 0.235. The summed E-state index contributed by atoms with van der Waals surface area (Å²) in [5, 5.41) is 9.76. The van der Waals surface area contributed by atoms with E-state index < -0.39 is 11.7 Å². The highest BCUT2D eigenvalue weighted by Gasteiger charge is 2.36. The van der Waals surface area contributed by atoms with Gasteiger partial charge in [-0.25, -0.2) is 4.39 Å². The number of likely N-dealkylation sites (tertiary alicyclic amines) is 1. The number of methoxy groups -OCH3 is 1. The van der Waals surface area contributed by atoms with Crippen molar-refractivity contribution in [2.24, 2.45) is 0 Å². The molecule has 2 aromatic carbocycles. The molecule has 1 heterocycles. The summed E-state index contributed by atoms with van der Waals surface area (Å²) in [4.78, 5) is 14.1. The first-order valence-electron chi connectivity index (χ1n) is 7.04. The van der Waals surface area contributed by atoms with Gasteiger partial charge in [0.15, 0.2) is 0 Å². The van der Waals surface area contributed by atoms with Gasteiger partial charge in [0.05, 0.1) is 13.2 Å². The summed E-state index contributed by atoms with van der Waals surface area (Å²) >= 11 is 0. The predicted octanol–water partition coefficient (Wildman–Crippen LogP) is 3.13. The molecule has 1 N–H and O–H groups in total. The van der Waals surface area contributed by atoms with Gasteiger partial charge in [-0.15, -0.1) is 0 Å². The number of carbonyl (C=O) groups excluding carboxylic acids is 1. The van der Waals surface area contributed by atoms with Crippen molar-refractivity contribution in [3.05, 3.63) is 59.4 Å². The first kappa shape index (κ1) is 14.4. The fourth-order valence-corrected chi connectivity index (χ4v) is 2.69. The molecule has 3 rings (SSSR count). The van der Waals surface area contributed by atoms with E-state index in [9.17, 15) is 14.3 Å². The van der Waals surface area contributed by atoms with Gasteiger partial charge in [-0.2, -0.15) is 0 Å². The summed E-state index contributed by atoms with van der Waals surface area (Å²) in [6, 6.07) is 11.2. The average Bonchev–Trinajstić information content (AvgIpc) is 2.46. The Morgan fingerprint density at radius 2 is 2.09 bits per heavy atom. The zero-order chi connectivity index (χ0) is 15.7. The molecule has 5 heteroatoms. The molecule has 22 heavy (non-hydrogen) atoms. The molecule has 1 atom stereocenters. The van der Waals surface area contributed by atoms with Gasteiger partial charge in [0.25, 0.3) is 5.91 Å². The maximum Gasteiger partial charge on any atom is 0.261 e. The van der Waals surface area contributed by atoms with Crippen LogP contribution in [0.25, 0.3) is 0 Å². The SMILES string of the molecule is COc1cccc(C2CCN2C(=O)c2c(O)cccc2F)c1. The normalized spacial score (nSPS) is 17.0. The number of nitrogens with zero attached hydrogens (tertiary/aromatic N) is 1. The lowest BCUT2D eigenvalue weighted by Gasteiger charge is -2.41. The van der Waals surface area contributed by atoms with Gasteiger partial charge in [0.2, 0.25) is 0 Å². The third-order valence-corrected chi connectivity index (χ3v) is 3.96. The average molecular weight is 301 g/mol. The van der Waals surface area contributed by atoms with Gasteiger partial charge < -0.3 is 14.7 Å². The molecule has 1 unspecified atom stereocenters. The molecule has 0 spiro atoms. The van der Waals surface area contributed by atoms with Crippen LogP contribution in [0.5, 0.6) is 11.5 Å². The number of amides is 1. The molecule has 1 saturated heterocycles. The predicted molar refractivity (Wildman–Crippen MR) is 79.5 cm³/mol. The van der Waals surface area contributed by atoms with Crippen molar-refractivity contribution in [2.75, 3.05) is 13.7 Å². The van der Waals surface area contributed by atoms with Crippen LogP contribution in [0, 0.1) is 5.82 Å². The van der Waals surface area contributed by atoms with Crippen LogP contribution in [-0.2, 0) is 0 Å². The zero-order valence-corrected chi connectivity index (χ0v) is 12.1. The highest BCUT2D eigenvalue weighted by molar-refractivity contribution is 5.97. The molecule has 0 saturated carbocycles. The van der Waals surface area contributed by atoms with E-state index in [-0.39, 0.29) is 17.4 Å². The molecular weight excluding hydrogens is 285 g/mol. The number of hydrogen-bond donors (Lipinski definition) is 1. The summed E-state index contributed by atoms with van der Waals surface area (Å²) in [5.74, 6) is -0.817. The van der Waals surface area contributed by atoms with Crippen molar-refractivity contribution in [2.45, 2.75) is 12.5 Å². The monoisotopic (exact) mass is 301 g/mol. The quantitative estimate of drug-likeness (QED) is 0.947. The molecular formula is C17H16FNO3. The molecule has 0 radical (unpaired) electrons. The van der Waals surface area contributed by atoms with Crippen LogP contribution in [0.4, 0.5) is 4.39 Å². The van der Waals surface area contributed by atoms with Crippen molar-refractivity contribution >= 4 is 5.91 Å². The lowest BCUT2D eigenvalue weighted by Crippen LogP contribution is -2.45. The van der Waals surface area contributed by atoms with E-state index >= 15 is 0 Å². The highest BCUT2D eigenvalue weighted by Crippen LogP contribution is 2.37. The molecule has 1 amide bonds. The molecule has 1 aliphatic rings. The van der Waals surface area contributed by atoms with E-state index in [0.717, 1.165) is 12.0 Å². The number of phenolic OH excluding ortho intramolecular Hbond substituents is 1. The summed E-state index contributed by atoms with van der Waals surface area (Å²) < 4.78 is 19.0. The third-order valence-electron chi connectivity index (χ3n) is 3.96. The Labute approximate surface area is 127 Å². The van der Waals surface area contributed by atoms with Crippen LogP contribution < -0.4 is 4.74 Å². The fourth-order valence-electron chi connectivity index (χ4n) is 2.69. The second kappa shape index (κ2) is 5.67. The van der Waals surface area contributed by atoms with E-state index in [1.165, 1.54) is 18.2 Å². The molecule has 114 valence electrons. The maximum absolute atomic E-state index is 13.8. The molecule has 1 fully saturated rings. The van der Waals surface area contributed by atoms with Crippen LogP contribution in [0.15, 0.2) is 42.5 Å². The van der Waals surface area contributed by atoms with Crippen LogP contribution in [0.1, 0.15) is 28.4 Å². The van der Waals surface area contributed by atoms with Crippen molar-refractivity contribution in [1.29, 1.82) is 0 Å². The van der Waals surface area contributed by atoms with Crippen molar-refractivity contribution in [3.8, 4) is 11.5 Å². The number of benzene rings is 2. The number of carbonyl (C=O) groups is 1. The number of ether oxygens (including phenoxy) is 1. The number of halogens is 1. The Balaban J connectivity index is 1.88. The second-order valence-corrected chi connectivity index (χ2v) is 5.21. The smallest absolute Gasteiger partial charge is 0.261 e. The zero-order valence-electron chi connectivity index (χ0n) is 12.1. The minimum atomic E-state index is -0.707. The van der Waals surface area contributed by atoms with Gasteiger partial charge in [-0.05, 0) is 36.2 Å². The van der Waals surface area contributed by atoms with Gasteiger partial charge >= 0.3 is 0 Å². The van der Waals surface area contributed by atoms with E-state index in [1.807, 2.05) is 24.3 Å². The van der Waals surface area contributed by atoms with E-state index in [1.54, 1.807) is 12.0 Å². The topological polar surface area (TPSA) is 49.8 Å². The maximum atomic E-state index is 13.8. The van der Waals surface area contributed by atoms with Crippen LogP contribution in [0.3, 0.4) is 0 Å². The van der Waals surface area contributed by atoms with E-state index in [0.29, 0.717) is 12.3 Å². The Morgan fingerprint density at radius 1 is 1.32 bits per heavy atom. The number of hydrogen-bond acceptors (Lipinski definition) is 3. The molecule has 0 bridgehead atoms.